The van der Waals surface area contributed by atoms with Crippen LogP contribution in [-0.4, -0.2) is 52.5 Å². The van der Waals surface area contributed by atoms with E-state index in [4.69, 9.17) is 16.3 Å². The quantitative estimate of drug-likeness (QED) is 0.143. The molecule has 1 unspecified atom stereocenters. The molecule has 2 aromatic rings. The van der Waals surface area contributed by atoms with Crippen LogP contribution in [0.25, 0.3) is 11.0 Å². The Hall–Kier alpha value is -0.534. The van der Waals surface area contributed by atoms with E-state index in [1.165, 1.54) is 17.9 Å². The Morgan fingerprint density at radius 1 is 1.40 bits per heavy atom. The molecule has 0 radical (unpaired) electrons. The third-order valence-corrected chi connectivity index (χ3v) is 4.13. The Morgan fingerprint density at radius 2 is 2.07 bits per heavy atom. The first-order valence-corrected chi connectivity index (χ1v) is 10.6. The largest absolute Gasteiger partial charge is 1.00 e. The second-order valence-electron chi connectivity index (χ2n) is 6.42. The molecule has 164 valence electrons. The molecule has 1 atom stereocenters. The second kappa shape index (κ2) is 16.1. The van der Waals surface area contributed by atoms with Crippen molar-refractivity contribution in [3.63, 3.8) is 0 Å². The molecule has 0 aliphatic heterocycles. The molecular weight excluding hydrogens is 427 g/mol. The molecule has 1 aliphatic carbocycles. The zero-order valence-electron chi connectivity index (χ0n) is 19.0. The number of methoxy groups -OCH3 is 1. The van der Waals surface area contributed by atoms with E-state index in [0.29, 0.717) is 18.4 Å². The summed E-state index contributed by atoms with van der Waals surface area (Å²) in [7, 11) is 1.63. The Bertz CT molecular complexity index is 753. The molecule has 7 N–H and O–H groups in total. The van der Waals surface area contributed by atoms with Crippen LogP contribution < -0.4 is 73.6 Å². The predicted molar refractivity (Wildman–Crippen MR) is 123 cm³/mol. The Kier molecular flexibility index (Phi) is 15.9. The number of hydrogen-bond donors (Lipinski definition) is 5. The summed E-state index contributed by atoms with van der Waals surface area (Å²) in [5.41, 5.74) is 6.77. The van der Waals surface area contributed by atoms with Crippen LogP contribution in [0.4, 0.5) is 11.8 Å². The predicted octanol–water partition coefficient (Wildman–Crippen LogP) is -0.647. The molecule has 2 heterocycles. The summed E-state index contributed by atoms with van der Waals surface area (Å²) in [5, 5.41) is 8.84. The van der Waals surface area contributed by atoms with Crippen molar-refractivity contribution in [1.29, 1.82) is 0 Å². The number of anilines is 2. The number of rotatable bonds is 9. The zero-order chi connectivity index (χ0) is 21.8. The summed E-state index contributed by atoms with van der Waals surface area (Å²) in [4.78, 5) is 12.1. The van der Waals surface area contributed by atoms with Gasteiger partial charge in [0, 0.05) is 19.9 Å². The summed E-state index contributed by atoms with van der Waals surface area (Å²) in [6.45, 7) is 7.36. The van der Waals surface area contributed by atoms with Gasteiger partial charge in [0.25, 0.3) is 0 Å². The molecule has 9 nitrogen and oxygen atoms in total. The van der Waals surface area contributed by atoms with E-state index < -0.39 is 0 Å². The minimum Gasteiger partial charge on any atom is -0.796 e. The van der Waals surface area contributed by atoms with Crippen LogP contribution in [0.5, 0.6) is 0 Å². The van der Waals surface area contributed by atoms with Crippen LogP contribution in [0.1, 0.15) is 33.6 Å². The average Bonchev–Trinajstić information content (AvgIpc) is 3.44. The minimum atomic E-state index is -0.00655. The standard InChI is InChI=1S/C16H26N8O.C2H6.CH4S.K/c1-10(9-25-2)24(18)8-13(17)21-16-22-14-12(5-6-19-14)15(23-16)20-7-11-3-4-11;2*1-2;/h5-6,8,10-11H,3-4,7,9,17-18H2,1-2H3,(H3,19,20,21,22,23);1-2H3;2H,1H3;/q;;;+1/p-1/b13-8+;;;. The van der Waals surface area contributed by atoms with E-state index in [-0.39, 0.29) is 57.4 Å². The van der Waals surface area contributed by atoms with Gasteiger partial charge in [0.05, 0.1) is 24.2 Å². The first-order valence-electron chi connectivity index (χ1n) is 9.83. The van der Waals surface area contributed by atoms with Gasteiger partial charge in [0.1, 0.15) is 17.3 Å². The van der Waals surface area contributed by atoms with Gasteiger partial charge in [-0.2, -0.15) is 16.2 Å². The number of aromatic nitrogens is 3. The van der Waals surface area contributed by atoms with Crippen molar-refractivity contribution in [3.05, 3.63) is 24.3 Å². The number of H-pyrrole nitrogens is 1. The third-order valence-electron chi connectivity index (χ3n) is 4.13. The fourth-order valence-electron chi connectivity index (χ4n) is 2.47. The van der Waals surface area contributed by atoms with Crippen molar-refractivity contribution in [2.24, 2.45) is 17.5 Å². The molecule has 0 spiro atoms. The molecule has 2 aromatic heterocycles. The van der Waals surface area contributed by atoms with Gasteiger partial charge in [0.15, 0.2) is 0 Å². The van der Waals surface area contributed by atoms with Gasteiger partial charge in [-0.1, -0.05) is 13.8 Å². The molecule has 30 heavy (non-hydrogen) atoms. The maximum absolute atomic E-state index is 6.02. The summed E-state index contributed by atoms with van der Waals surface area (Å²) in [6.07, 6.45) is 7.59. The Labute approximate surface area is 228 Å². The van der Waals surface area contributed by atoms with Crippen molar-refractivity contribution in [2.45, 2.75) is 39.7 Å². The smallest absolute Gasteiger partial charge is 0.796 e. The van der Waals surface area contributed by atoms with E-state index in [1.807, 2.05) is 33.0 Å². The number of hydrazine groups is 1. The first-order chi connectivity index (χ1) is 14.1. The van der Waals surface area contributed by atoms with Gasteiger partial charge in [-0.25, -0.2) is 5.84 Å². The fourth-order valence-corrected chi connectivity index (χ4v) is 2.47. The van der Waals surface area contributed by atoms with Crippen molar-refractivity contribution >= 4 is 35.4 Å². The average molecular weight is 463 g/mol. The summed E-state index contributed by atoms with van der Waals surface area (Å²) >= 11 is 4.08. The van der Waals surface area contributed by atoms with Crippen molar-refractivity contribution in [3.8, 4) is 0 Å². The minimum absolute atomic E-state index is 0. The number of nitrogens with zero attached hydrogens (tertiary/aromatic N) is 3. The van der Waals surface area contributed by atoms with Crippen LogP contribution in [-0.2, 0) is 17.4 Å². The molecule has 11 heteroatoms. The van der Waals surface area contributed by atoms with Crippen LogP contribution >= 0.6 is 0 Å². The van der Waals surface area contributed by atoms with E-state index >= 15 is 0 Å². The molecule has 1 aliphatic rings. The molecular formula is C19H35KN8OS. The van der Waals surface area contributed by atoms with E-state index in [2.05, 4.69) is 38.2 Å². The summed E-state index contributed by atoms with van der Waals surface area (Å²) < 4.78 is 5.08. The number of fused-ring (bicyclic) bond motifs is 1. The van der Waals surface area contributed by atoms with Crippen molar-refractivity contribution < 1.29 is 56.1 Å². The maximum atomic E-state index is 6.02. The summed E-state index contributed by atoms with van der Waals surface area (Å²) in [6, 6.07) is 1.95. The maximum Gasteiger partial charge on any atom is 1.00 e. The Morgan fingerprint density at radius 3 is 2.67 bits per heavy atom. The van der Waals surface area contributed by atoms with Crippen LogP contribution in [0.15, 0.2) is 24.3 Å². The van der Waals surface area contributed by atoms with Crippen molar-refractivity contribution in [2.75, 3.05) is 37.2 Å². The van der Waals surface area contributed by atoms with Gasteiger partial charge >= 0.3 is 51.4 Å². The van der Waals surface area contributed by atoms with Gasteiger partial charge in [-0.15, -0.1) is 0 Å². The number of nitrogens with two attached hydrogens (primary N) is 2. The van der Waals surface area contributed by atoms with Crippen LogP contribution in [0.2, 0.25) is 0 Å². The third kappa shape index (κ3) is 9.73. The molecule has 0 saturated heterocycles. The SMILES string of the molecule is CC.COCC(C)N(N)/C=C(\N)Nc1nc(NCC2CC2)c2cc[nH]c2n1.C[S-].[K+]. The van der Waals surface area contributed by atoms with E-state index in [1.54, 1.807) is 19.6 Å². The molecule has 0 bridgehead atoms. The number of hydrogen-bond acceptors (Lipinski definition) is 9. The molecule has 1 saturated carbocycles. The molecule has 3 rings (SSSR count). The van der Waals surface area contributed by atoms with E-state index in [0.717, 1.165) is 29.3 Å². The Balaban J connectivity index is 0.00000159. The van der Waals surface area contributed by atoms with Crippen LogP contribution in [0, 0.1) is 5.92 Å². The van der Waals surface area contributed by atoms with Gasteiger partial charge < -0.3 is 43.7 Å². The normalized spacial score (nSPS) is 13.8. The topological polar surface area (TPSA) is 130 Å². The summed E-state index contributed by atoms with van der Waals surface area (Å²) in [5.74, 6) is 8.26. The number of aromatic amines is 1. The van der Waals surface area contributed by atoms with Gasteiger partial charge in [-0.05, 0) is 31.7 Å². The number of ether oxygens (including phenoxy) is 1. The molecule has 0 amide bonds. The molecule has 0 aromatic carbocycles. The first kappa shape index (κ1) is 29.5. The zero-order valence-corrected chi connectivity index (χ0v) is 23.0. The van der Waals surface area contributed by atoms with Crippen molar-refractivity contribution in [1.82, 2.24) is 20.0 Å². The fraction of sp³-hybridized carbons (Fsp3) is 0.579. The van der Waals surface area contributed by atoms with Gasteiger partial charge in [0.2, 0.25) is 5.95 Å². The second-order valence-corrected chi connectivity index (χ2v) is 6.42. The number of nitrogens with one attached hydrogen (secondary N) is 3. The monoisotopic (exact) mass is 462 g/mol. The van der Waals surface area contributed by atoms with Gasteiger partial charge in [-0.3, -0.25) is 0 Å². The van der Waals surface area contributed by atoms with Crippen LogP contribution in [0.3, 0.4) is 0 Å². The van der Waals surface area contributed by atoms with E-state index in [9.17, 15) is 0 Å². The molecule has 1 fully saturated rings.